The monoisotopic (exact) mass is 274 g/mol. The average molecular weight is 275 g/mol. The molecule has 0 bridgehead atoms. The Kier molecular flexibility index (Phi) is 4.31. The molecule has 0 spiro atoms. The van der Waals surface area contributed by atoms with E-state index in [0.717, 1.165) is 44.8 Å². The Hall–Kier alpha value is -0.720. The molecule has 0 atom stereocenters. The van der Waals surface area contributed by atoms with E-state index >= 15 is 0 Å². The summed E-state index contributed by atoms with van der Waals surface area (Å²) in [6.45, 7) is 5.81. The van der Waals surface area contributed by atoms with Gasteiger partial charge in [0.1, 0.15) is 10.0 Å². The Labute approximate surface area is 110 Å². The Morgan fingerprint density at radius 1 is 1.41 bits per heavy atom. The SMILES string of the molecule is CC(=O)N1CCCN(Cc2nnsc2Cl)CC1. The summed E-state index contributed by atoms with van der Waals surface area (Å²) < 4.78 is 4.49. The fourth-order valence-electron chi connectivity index (χ4n) is 1.95. The van der Waals surface area contributed by atoms with Crippen LogP contribution in [0.15, 0.2) is 0 Å². The molecule has 2 heterocycles. The summed E-state index contributed by atoms with van der Waals surface area (Å²) in [5.41, 5.74) is 0.841. The van der Waals surface area contributed by atoms with Crippen LogP contribution in [0.1, 0.15) is 19.0 Å². The number of amides is 1. The zero-order chi connectivity index (χ0) is 12.3. The lowest BCUT2D eigenvalue weighted by atomic mass is 10.3. The highest BCUT2D eigenvalue weighted by molar-refractivity contribution is 7.10. The molecule has 0 saturated carbocycles. The molecule has 0 N–H and O–H groups in total. The van der Waals surface area contributed by atoms with Gasteiger partial charge in [0.25, 0.3) is 0 Å². The van der Waals surface area contributed by atoms with E-state index in [0.29, 0.717) is 4.34 Å². The molecule has 1 aliphatic heterocycles. The van der Waals surface area contributed by atoms with Crippen LogP contribution in [-0.4, -0.2) is 51.5 Å². The van der Waals surface area contributed by atoms with Crippen LogP contribution in [-0.2, 0) is 11.3 Å². The largest absolute Gasteiger partial charge is 0.342 e. The van der Waals surface area contributed by atoms with Crippen molar-refractivity contribution in [2.45, 2.75) is 19.9 Å². The fourth-order valence-corrected chi connectivity index (χ4v) is 2.56. The molecule has 7 heteroatoms. The Balaban J connectivity index is 1.91. The third-order valence-electron chi connectivity index (χ3n) is 2.92. The van der Waals surface area contributed by atoms with Gasteiger partial charge in [0, 0.05) is 51.2 Å². The Morgan fingerprint density at radius 2 is 2.24 bits per heavy atom. The number of carbonyl (C=O) groups excluding carboxylic acids is 1. The molecule has 1 aromatic rings. The van der Waals surface area contributed by atoms with Crippen molar-refractivity contribution in [3.8, 4) is 0 Å². The molecule has 0 aliphatic carbocycles. The number of hydrogen-bond acceptors (Lipinski definition) is 5. The molecule has 0 aromatic carbocycles. The summed E-state index contributed by atoms with van der Waals surface area (Å²) in [6.07, 6.45) is 0.995. The van der Waals surface area contributed by atoms with Gasteiger partial charge in [-0.3, -0.25) is 9.69 Å². The average Bonchev–Trinajstić information content (AvgIpc) is 2.55. The maximum absolute atomic E-state index is 11.3. The van der Waals surface area contributed by atoms with Crippen LogP contribution in [0, 0.1) is 0 Å². The van der Waals surface area contributed by atoms with Crippen LogP contribution >= 0.6 is 23.1 Å². The lowest BCUT2D eigenvalue weighted by molar-refractivity contribution is -0.128. The van der Waals surface area contributed by atoms with Crippen LogP contribution in [0.3, 0.4) is 0 Å². The number of rotatable bonds is 2. The zero-order valence-corrected chi connectivity index (χ0v) is 11.3. The van der Waals surface area contributed by atoms with Crippen LogP contribution in [0.4, 0.5) is 0 Å². The standard InChI is InChI=1S/C10H15ClN4OS/c1-8(16)15-4-2-3-14(5-6-15)7-9-10(11)17-13-12-9/h2-7H2,1H3. The van der Waals surface area contributed by atoms with E-state index in [1.807, 2.05) is 4.90 Å². The second-order valence-corrected chi connectivity index (χ2v) is 5.49. The van der Waals surface area contributed by atoms with Crippen molar-refractivity contribution < 1.29 is 4.79 Å². The van der Waals surface area contributed by atoms with E-state index in [9.17, 15) is 4.79 Å². The first-order valence-corrected chi connectivity index (χ1v) is 6.76. The van der Waals surface area contributed by atoms with Gasteiger partial charge in [0.05, 0.1) is 0 Å². The lowest BCUT2D eigenvalue weighted by Gasteiger charge is -2.20. The van der Waals surface area contributed by atoms with Gasteiger partial charge < -0.3 is 4.90 Å². The quantitative estimate of drug-likeness (QED) is 0.814. The van der Waals surface area contributed by atoms with Crippen molar-refractivity contribution in [2.24, 2.45) is 0 Å². The maximum atomic E-state index is 11.3. The van der Waals surface area contributed by atoms with Gasteiger partial charge in [-0.2, -0.15) is 0 Å². The molecule has 2 rings (SSSR count). The topological polar surface area (TPSA) is 49.3 Å². The van der Waals surface area contributed by atoms with E-state index in [1.165, 1.54) is 11.5 Å². The zero-order valence-electron chi connectivity index (χ0n) is 9.73. The predicted octanol–water partition coefficient (Wildman–Crippen LogP) is 1.25. The molecule has 1 fully saturated rings. The summed E-state index contributed by atoms with van der Waals surface area (Å²) in [5, 5.41) is 4.01. The molecule has 1 aliphatic rings. The third-order valence-corrected chi connectivity index (χ3v) is 3.90. The van der Waals surface area contributed by atoms with Crippen LogP contribution in [0.5, 0.6) is 0 Å². The first-order chi connectivity index (χ1) is 8.16. The van der Waals surface area contributed by atoms with Gasteiger partial charge in [-0.05, 0) is 6.42 Å². The van der Waals surface area contributed by atoms with Crippen molar-refractivity contribution in [3.05, 3.63) is 10.0 Å². The fraction of sp³-hybridized carbons (Fsp3) is 0.700. The van der Waals surface area contributed by atoms with Gasteiger partial charge in [-0.25, -0.2) is 0 Å². The Bertz CT molecular complexity index is 397. The summed E-state index contributed by atoms with van der Waals surface area (Å²) in [6, 6.07) is 0. The minimum absolute atomic E-state index is 0.153. The van der Waals surface area contributed by atoms with Gasteiger partial charge in [0.15, 0.2) is 0 Å². The summed E-state index contributed by atoms with van der Waals surface area (Å²) in [4.78, 5) is 15.5. The van der Waals surface area contributed by atoms with Gasteiger partial charge in [-0.1, -0.05) is 16.1 Å². The minimum atomic E-state index is 0.153. The predicted molar refractivity (Wildman–Crippen MR) is 67.1 cm³/mol. The summed E-state index contributed by atoms with van der Waals surface area (Å²) in [7, 11) is 0. The number of aromatic nitrogens is 2. The highest BCUT2D eigenvalue weighted by Gasteiger charge is 2.18. The molecule has 17 heavy (non-hydrogen) atoms. The molecular weight excluding hydrogens is 260 g/mol. The molecule has 5 nitrogen and oxygen atoms in total. The van der Waals surface area contributed by atoms with Gasteiger partial charge in [-0.15, -0.1) is 5.10 Å². The van der Waals surface area contributed by atoms with Gasteiger partial charge in [0.2, 0.25) is 5.91 Å². The normalized spacial score (nSPS) is 18.1. The van der Waals surface area contributed by atoms with Crippen molar-refractivity contribution in [2.75, 3.05) is 26.2 Å². The lowest BCUT2D eigenvalue weighted by Crippen LogP contribution is -2.33. The maximum Gasteiger partial charge on any atom is 0.219 e. The molecule has 1 saturated heterocycles. The highest BCUT2D eigenvalue weighted by Crippen LogP contribution is 2.19. The van der Waals surface area contributed by atoms with Crippen molar-refractivity contribution in [3.63, 3.8) is 0 Å². The smallest absolute Gasteiger partial charge is 0.219 e. The first-order valence-electron chi connectivity index (χ1n) is 5.61. The number of nitrogens with zero attached hydrogens (tertiary/aromatic N) is 4. The molecule has 1 amide bonds. The van der Waals surface area contributed by atoms with E-state index in [2.05, 4.69) is 14.5 Å². The van der Waals surface area contributed by atoms with Crippen LogP contribution < -0.4 is 0 Å². The van der Waals surface area contributed by atoms with Crippen molar-refractivity contribution in [1.29, 1.82) is 0 Å². The number of halogens is 1. The summed E-state index contributed by atoms with van der Waals surface area (Å²) in [5.74, 6) is 0.153. The van der Waals surface area contributed by atoms with Crippen LogP contribution in [0.2, 0.25) is 4.34 Å². The molecule has 0 radical (unpaired) electrons. The number of carbonyl (C=O) groups is 1. The van der Waals surface area contributed by atoms with Crippen molar-refractivity contribution >= 4 is 29.0 Å². The van der Waals surface area contributed by atoms with E-state index in [4.69, 9.17) is 11.6 Å². The van der Waals surface area contributed by atoms with E-state index in [-0.39, 0.29) is 5.91 Å². The Morgan fingerprint density at radius 3 is 2.88 bits per heavy atom. The molecule has 1 aromatic heterocycles. The van der Waals surface area contributed by atoms with Crippen LogP contribution in [0.25, 0.3) is 0 Å². The second-order valence-electron chi connectivity index (χ2n) is 4.13. The van der Waals surface area contributed by atoms with E-state index in [1.54, 1.807) is 6.92 Å². The third kappa shape index (κ3) is 3.37. The minimum Gasteiger partial charge on any atom is -0.342 e. The van der Waals surface area contributed by atoms with Crippen molar-refractivity contribution in [1.82, 2.24) is 19.4 Å². The molecular formula is C10H15ClN4OS. The highest BCUT2D eigenvalue weighted by atomic mass is 35.5. The molecule has 94 valence electrons. The first kappa shape index (κ1) is 12.7. The van der Waals surface area contributed by atoms with Gasteiger partial charge >= 0.3 is 0 Å². The number of hydrogen-bond donors (Lipinski definition) is 0. The molecule has 0 unspecified atom stereocenters. The summed E-state index contributed by atoms with van der Waals surface area (Å²) >= 11 is 7.20. The van der Waals surface area contributed by atoms with E-state index < -0.39 is 0 Å². The second kappa shape index (κ2) is 5.75.